The number of halogens is 4. The van der Waals surface area contributed by atoms with Crippen LogP contribution in [0.25, 0.3) is 5.65 Å². The molecule has 11 heteroatoms. The second-order valence-electron chi connectivity index (χ2n) is 5.46. The number of nitrogens with zero attached hydrogens (tertiary/aromatic N) is 3. The third kappa shape index (κ3) is 4.50. The molecule has 0 aliphatic heterocycles. The lowest BCUT2D eigenvalue weighted by Gasteiger charge is -2.09. The van der Waals surface area contributed by atoms with Crippen molar-refractivity contribution in [3.8, 4) is 5.75 Å². The lowest BCUT2D eigenvalue weighted by Crippen LogP contribution is -2.07. The first kappa shape index (κ1) is 20.3. The fourth-order valence-corrected chi connectivity index (χ4v) is 3.26. The van der Waals surface area contributed by atoms with Crippen molar-refractivity contribution in [3.63, 3.8) is 0 Å². The largest absolute Gasteiger partial charge is 0.493 e. The van der Waals surface area contributed by atoms with Gasteiger partial charge in [-0.05, 0) is 30.3 Å². The number of pyridine rings is 1. The molecular formula is C17H13ClF3N3O3S. The predicted molar refractivity (Wildman–Crippen MR) is 97.0 cm³/mol. The average molecular weight is 432 g/mol. The monoisotopic (exact) mass is 431 g/mol. The van der Waals surface area contributed by atoms with Crippen LogP contribution in [0, 0.1) is 0 Å². The highest BCUT2D eigenvalue weighted by Gasteiger charge is 2.32. The van der Waals surface area contributed by atoms with Gasteiger partial charge in [-0.25, -0.2) is 4.79 Å². The Morgan fingerprint density at radius 3 is 2.61 bits per heavy atom. The van der Waals surface area contributed by atoms with Gasteiger partial charge in [0.25, 0.3) is 0 Å². The number of hydrogen-bond donors (Lipinski definition) is 0. The third-order valence-electron chi connectivity index (χ3n) is 3.61. The molecule has 0 bridgehead atoms. The molecule has 0 fully saturated rings. The van der Waals surface area contributed by atoms with E-state index >= 15 is 0 Å². The first-order chi connectivity index (χ1) is 13.3. The van der Waals surface area contributed by atoms with Crippen LogP contribution in [-0.2, 0) is 10.9 Å². The fourth-order valence-electron chi connectivity index (χ4n) is 2.28. The summed E-state index contributed by atoms with van der Waals surface area (Å²) in [7, 11) is 1.29. The molecule has 0 amide bonds. The lowest BCUT2D eigenvalue weighted by molar-refractivity contribution is -0.137. The van der Waals surface area contributed by atoms with Gasteiger partial charge >= 0.3 is 12.1 Å². The van der Waals surface area contributed by atoms with Crippen LogP contribution in [0.5, 0.6) is 5.75 Å². The summed E-state index contributed by atoms with van der Waals surface area (Å²) in [5.74, 6) is 0.507. The zero-order valence-electron chi connectivity index (χ0n) is 14.4. The van der Waals surface area contributed by atoms with Crippen LogP contribution < -0.4 is 4.74 Å². The maximum atomic E-state index is 13.0. The summed E-state index contributed by atoms with van der Waals surface area (Å²) < 4.78 is 50.3. The van der Waals surface area contributed by atoms with E-state index in [2.05, 4.69) is 14.9 Å². The molecule has 0 unspecified atom stereocenters. The van der Waals surface area contributed by atoms with Gasteiger partial charge in [0, 0.05) is 11.9 Å². The molecule has 0 aliphatic rings. The average Bonchev–Trinajstić information content (AvgIpc) is 3.08. The van der Waals surface area contributed by atoms with E-state index in [1.165, 1.54) is 23.3 Å². The second-order valence-corrected chi connectivity index (χ2v) is 6.93. The van der Waals surface area contributed by atoms with Crippen LogP contribution in [-0.4, -0.2) is 40.0 Å². The molecule has 0 N–H and O–H groups in total. The van der Waals surface area contributed by atoms with Crippen molar-refractivity contribution < 1.29 is 27.4 Å². The minimum atomic E-state index is -4.52. The minimum absolute atomic E-state index is 0.129. The highest BCUT2D eigenvalue weighted by molar-refractivity contribution is 7.99. The van der Waals surface area contributed by atoms with Crippen molar-refractivity contribution in [2.24, 2.45) is 0 Å². The van der Waals surface area contributed by atoms with E-state index in [1.54, 1.807) is 24.3 Å². The number of fused-ring (bicyclic) bond motifs is 1. The predicted octanol–water partition coefficient (Wildman–Crippen LogP) is 4.36. The van der Waals surface area contributed by atoms with Crippen molar-refractivity contribution in [2.75, 3.05) is 19.5 Å². The Morgan fingerprint density at radius 2 is 1.96 bits per heavy atom. The van der Waals surface area contributed by atoms with Crippen molar-refractivity contribution in [1.82, 2.24) is 14.6 Å². The van der Waals surface area contributed by atoms with Gasteiger partial charge in [-0.15, -0.1) is 10.2 Å². The van der Waals surface area contributed by atoms with Gasteiger partial charge in [0.2, 0.25) is 0 Å². The van der Waals surface area contributed by atoms with Gasteiger partial charge in [-0.2, -0.15) is 13.2 Å². The standard InChI is InChI=1S/C17H13ClF3N3O3S/c1-26-15(25)10-2-4-12(5-3-10)27-6-7-28-16-23-22-14-13(18)8-11(9-24(14)16)17(19,20)21/h2-5,8-9H,6-7H2,1H3. The number of esters is 1. The SMILES string of the molecule is COC(=O)c1ccc(OCCSc2nnc3c(Cl)cc(C(F)(F)F)cn23)cc1. The molecule has 3 rings (SSSR count). The summed E-state index contributed by atoms with van der Waals surface area (Å²) in [4.78, 5) is 11.4. The first-order valence-corrected chi connectivity index (χ1v) is 9.21. The minimum Gasteiger partial charge on any atom is -0.493 e. The fraction of sp³-hybridized carbons (Fsp3) is 0.235. The molecule has 1 aromatic carbocycles. The van der Waals surface area contributed by atoms with E-state index in [1.807, 2.05) is 0 Å². The molecule has 0 aliphatic carbocycles. The molecule has 2 aromatic heterocycles. The number of hydrogen-bond acceptors (Lipinski definition) is 6. The van der Waals surface area contributed by atoms with Crippen molar-refractivity contribution in [3.05, 3.63) is 52.7 Å². The number of aromatic nitrogens is 3. The molecule has 3 aromatic rings. The van der Waals surface area contributed by atoms with Gasteiger partial charge < -0.3 is 9.47 Å². The number of ether oxygens (including phenoxy) is 2. The third-order valence-corrected chi connectivity index (χ3v) is 4.80. The van der Waals surface area contributed by atoms with Crippen molar-refractivity contribution in [1.29, 1.82) is 0 Å². The first-order valence-electron chi connectivity index (χ1n) is 7.85. The number of carbonyl (C=O) groups excluding carboxylic acids is 1. The van der Waals surface area contributed by atoms with Gasteiger partial charge in [0.05, 0.1) is 29.9 Å². The zero-order chi connectivity index (χ0) is 20.3. The Labute approximate surface area is 166 Å². The van der Waals surface area contributed by atoms with Crippen LogP contribution in [0.3, 0.4) is 0 Å². The summed E-state index contributed by atoms with van der Waals surface area (Å²) >= 11 is 7.06. The Balaban J connectivity index is 1.63. The van der Waals surface area contributed by atoms with Crippen LogP contribution in [0.4, 0.5) is 13.2 Å². The van der Waals surface area contributed by atoms with Gasteiger partial charge in [-0.1, -0.05) is 23.4 Å². The molecule has 0 radical (unpaired) electrons. The highest BCUT2D eigenvalue weighted by Crippen LogP contribution is 2.33. The quantitative estimate of drug-likeness (QED) is 0.328. The van der Waals surface area contributed by atoms with E-state index in [-0.39, 0.29) is 22.4 Å². The number of benzene rings is 1. The van der Waals surface area contributed by atoms with Crippen LogP contribution in [0.15, 0.2) is 41.7 Å². The summed E-state index contributed by atoms with van der Waals surface area (Å²) in [6.07, 6.45) is -3.61. The summed E-state index contributed by atoms with van der Waals surface area (Å²) in [6.45, 7) is 0.268. The Bertz CT molecular complexity index is 993. The van der Waals surface area contributed by atoms with E-state index in [4.69, 9.17) is 16.3 Å². The molecule has 2 heterocycles. The normalized spacial score (nSPS) is 11.6. The molecule has 148 valence electrons. The number of alkyl halides is 3. The van der Waals surface area contributed by atoms with E-state index in [9.17, 15) is 18.0 Å². The summed E-state index contributed by atoms with van der Waals surface area (Å²) in [5, 5.41) is 7.84. The molecule has 0 atom stereocenters. The number of thioether (sulfide) groups is 1. The van der Waals surface area contributed by atoms with Crippen LogP contribution in [0.2, 0.25) is 5.02 Å². The molecular weight excluding hydrogens is 419 g/mol. The van der Waals surface area contributed by atoms with Crippen LogP contribution in [0.1, 0.15) is 15.9 Å². The summed E-state index contributed by atoms with van der Waals surface area (Å²) in [6, 6.07) is 7.21. The van der Waals surface area contributed by atoms with E-state index in [0.717, 1.165) is 12.3 Å². The molecule has 6 nitrogen and oxygen atoms in total. The van der Waals surface area contributed by atoms with E-state index in [0.29, 0.717) is 17.1 Å². The Kier molecular flexibility index (Phi) is 5.99. The van der Waals surface area contributed by atoms with Crippen LogP contribution >= 0.6 is 23.4 Å². The second kappa shape index (κ2) is 8.27. The van der Waals surface area contributed by atoms with Crippen molar-refractivity contribution >= 4 is 35.0 Å². The maximum absolute atomic E-state index is 13.0. The molecule has 0 saturated heterocycles. The van der Waals surface area contributed by atoms with E-state index < -0.39 is 17.7 Å². The zero-order valence-corrected chi connectivity index (χ0v) is 15.9. The smallest absolute Gasteiger partial charge is 0.417 e. The number of rotatable bonds is 6. The lowest BCUT2D eigenvalue weighted by atomic mass is 10.2. The number of methoxy groups -OCH3 is 1. The van der Waals surface area contributed by atoms with Crippen molar-refractivity contribution in [2.45, 2.75) is 11.3 Å². The van der Waals surface area contributed by atoms with Gasteiger partial charge in [0.15, 0.2) is 10.8 Å². The molecule has 0 spiro atoms. The number of carbonyl (C=O) groups is 1. The van der Waals surface area contributed by atoms with Gasteiger partial charge in [0.1, 0.15) is 5.75 Å². The Morgan fingerprint density at radius 1 is 1.25 bits per heavy atom. The Hall–Kier alpha value is -2.46. The maximum Gasteiger partial charge on any atom is 0.417 e. The van der Waals surface area contributed by atoms with Gasteiger partial charge in [-0.3, -0.25) is 4.40 Å². The topological polar surface area (TPSA) is 65.7 Å². The molecule has 28 heavy (non-hydrogen) atoms. The molecule has 0 saturated carbocycles. The highest BCUT2D eigenvalue weighted by atomic mass is 35.5. The summed E-state index contributed by atoms with van der Waals surface area (Å²) in [5.41, 5.74) is -0.332.